The molecular weight excluding hydrogens is 410 g/mol. The van der Waals surface area contributed by atoms with Crippen LogP contribution in [-0.4, -0.2) is 36.1 Å². The third-order valence-electron chi connectivity index (χ3n) is 5.70. The van der Waals surface area contributed by atoms with E-state index in [4.69, 9.17) is 4.74 Å². The van der Waals surface area contributed by atoms with E-state index in [0.717, 1.165) is 11.1 Å². The van der Waals surface area contributed by atoms with Gasteiger partial charge in [-0.05, 0) is 11.1 Å². The van der Waals surface area contributed by atoms with Crippen LogP contribution < -0.4 is 15.0 Å². The predicted octanol–water partition coefficient (Wildman–Crippen LogP) is 5.33. The largest absolute Gasteiger partial charge is 0.481 e. The molecule has 1 aliphatic heterocycles. The van der Waals surface area contributed by atoms with Crippen LogP contribution in [0.3, 0.4) is 0 Å². The number of nitrogens with one attached hydrogen (secondary N) is 1. The minimum Gasteiger partial charge on any atom is -0.481 e. The van der Waals surface area contributed by atoms with Gasteiger partial charge >= 0.3 is 0 Å². The normalized spacial score (nSPS) is 17.8. The van der Waals surface area contributed by atoms with E-state index in [1.807, 2.05) is 60.7 Å². The fourth-order valence-electron chi connectivity index (χ4n) is 3.89. The van der Waals surface area contributed by atoms with Crippen LogP contribution in [0.2, 0.25) is 0 Å². The summed E-state index contributed by atoms with van der Waals surface area (Å²) in [7, 11) is 1.53. The number of hydrogen-bond acceptors (Lipinski definition) is 5. The lowest BCUT2D eigenvalue weighted by molar-refractivity contribution is -0.0545. The van der Waals surface area contributed by atoms with Gasteiger partial charge in [0.2, 0.25) is 11.8 Å². The number of ether oxygens (including phenoxy) is 1. The molecule has 166 valence electrons. The molecule has 7 heteroatoms. The summed E-state index contributed by atoms with van der Waals surface area (Å²) in [6.45, 7) is 3.84. The molecule has 5 nitrogen and oxygen atoms in total. The van der Waals surface area contributed by atoms with Gasteiger partial charge in [0.25, 0.3) is 5.92 Å². The quantitative estimate of drug-likeness (QED) is 0.507. The number of benzene rings is 2. The predicted molar refractivity (Wildman–Crippen MR) is 122 cm³/mol. The van der Waals surface area contributed by atoms with Gasteiger partial charge in [-0.1, -0.05) is 66.7 Å². The number of piperidine rings is 1. The maximum Gasteiger partial charge on any atom is 0.257 e. The first-order valence-electron chi connectivity index (χ1n) is 10.5. The van der Waals surface area contributed by atoms with E-state index in [0.29, 0.717) is 17.6 Å². The zero-order valence-corrected chi connectivity index (χ0v) is 17.9. The lowest BCUT2D eigenvalue weighted by atomic mass is 9.94. The number of aromatic nitrogens is 2. The van der Waals surface area contributed by atoms with Crippen LogP contribution in [-0.2, 0) is 0 Å². The van der Waals surface area contributed by atoms with E-state index < -0.39 is 11.8 Å². The molecule has 2 aromatic carbocycles. The summed E-state index contributed by atoms with van der Waals surface area (Å²) in [5, 5.41) is 3.48. The van der Waals surface area contributed by atoms with Gasteiger partial charge in [-0.3, -0.25) is 0 Å². The standard InChI is InChI=1S/C25H26F2N4O/c1-3-20-17-31(15-14-25(20,26)27)24-29-21(16-22(30-24)32-2)28-23(18-10-6-4-7-11-18)19-12-8-5-9-13-19/h3-13,16,20,23H,1,14-15,17H2,2H3,(H,28,29,30). The third kappa shape index (κ3) is 4.72. The Morgan fingerprint density at radius 3 is 2.28 bits per heavy atom. The molecule has 4 rings (SSSR count). The maximum atomic E-state index is 14.2. The Hall–Kier alpha value is -3.48. The Morgan fingerprint density at radius 1 is 1.09 bits per heavy atom. The smallest absolute Gasteiger partial charge is 0.257 e. The van der Waals surface area contributed by atoms with Crippen LogP contribution in [0.4, 0.5) is 20.5 Å². The first kappa shape index (κ1) is 21.7. The van der Waals surface area contributed by atoms with Crippen LogP contribution in [0, 0.1) is 5.92 Å². The Balaban J connectivity index is 1.66. The van der Waals surface area contributed by atoms with Gasteiger partial charge in [0, 0.05) is 25.6 Å². The number of nitrogens with zero attached hydrogens (tertiary/aromatic N) is 3. The summed E-state index contributed by atoms with van der Waals surface area (Å²) in [5.74, 6) is -2.45. The summed E-state index contributed by atoms with van der Waals surface area (Å²) < 4.78 is 33.7. The third-order valence-corrected chi connectivity index (χ3v) is 5.70. The van der Waals surface area contributed by atoms with Crippen molar-refractivity contribution in [1.29, 1.82) is 0 Å². The topological polar surface area (TPSA) is 50.3 Å². The number of halogens is 2. The molecular formula is C25H26F2N4O. The first-order valence-corrected chi connectivity index (χ1v) is 10.5. The lowest BCUT2D eigenvalue weighted by Gasteiger charge is -2.37. The van der Waals surface area contributed by atoms with Crippen molar-refractivity contribution in [2.45, 2.75) is 18.4 Å². The van der Waals surface area contributed by atoms with E-state index in [1.54, 1.807) is 11.0 Å². The van der Waals surface area contributed by atoms with Crippen molar-refractivity contribution < 1.29 is 13.5 Å². The van der Waals surface area contributed by atoms with Gasteiger partial charge in [-0.15, -0.1) is 6.58 Å². The molecule has 1 saturated heterocycles. The second kappa shape index (κ2) is 9.34. The Bertz CT molecular complexity index is 1010. The summed E-state index contributed by atoms with van der Waals surface area (Å²) in [5.41, 5.74) is 2.14. The van der Waals surface area contributed by atoms with E-state index in [9.17, 15) is 8.78 Å². The molecule has 1 N–H and O–H groups in total. The first-order chi connectivity index (χ1) is 15.5. The molecule has 0 spiro atoms. The van der Waals surface area contributed by atoms with Crippen molar-refractivity contribution in [3.63, 3.8) is 0 Å². The van der Waals surface area contributed by atoms with Crippen LogP contribution in [0.1, 0.15) is 23.6 Å². The molecule has 1 aliphatic rings. The average molecular weight is 437 g/mol. The monoisotopic (exact) mass is 436 g/mol. The van der Waals surface area contributed by atoms with E-state index in [2.05, 4.69) is 21.9 Å². The van der Waals surface area contributed by atoms with Crippen molar-refractivity contribution in [3.05, 3.63) is 90.5 Å². The number of anilines is 2. The Labute approximate surface area is 186 Å². The van der Waals surface area contributed by atoms with Crippen LogP contribution in [0.25, 0.3) is 0 Å². The second-order valence-corrected chi connectivity index (χ2v) is 7.79. The van der Waals surface area contributed by atoms with Crippen LogP contribution in [0.5, 0.6) is 5.88 Å². The molecule has 0 amide bonds. The molecule has 0 bridgehead atoms. The van der Waals surface area contributed by atoms with Crippen LogP contribution >= 0.6 is 0 Å². The van der Waals surface area contributed by atoms with Gasteiger partial charge in [0.1, 0.15) is 5.82 Å². The van der Waals surface area contributed by atoms with Gasteiger partial charge < -0.3 is 15.0 Å². The fraction of sp³-hybridized carbons (Fsp3) is 0.280. The summed E-state index contributed by atoms with van der Waals surface area (Å²) >= 11 is 0. The zero-order valence-electron chi connectivity index (χ0n) is 17.9. The van der Waals surface area contributed by atoms with Crippen molar-refractivity contribution in [2.75, 3.05) is 30.4 Å². The summed E-state index contributed by atoms with van der Waals surface area (Å²) in [6, 6.07) is 21.6. The van der Waals surface area contributed by atoms with Gasteiger partial charge in [0.15, 0.2) is 0 Å². The summed E-state index contributed by atoms with van der Waals surface area (Å²) in [6.07, 6.45) is 1.04. The maximum absolute atomic E-state index is 14.2. The molecule has 1 fully saturated rings. The Kier molecular flexibility index (Phi) is 6.35. The summed E-state index contributed by atoms with van der Waals surface area (Å²) in [4.78, 5) is 10.8. The molecule has 3 aromatic rings. The molecule has 2 heterocycles. The minimum absolute atomic E-state index is 0.101. The molecule has 0 saturated carbocycles. The Morgan fingerprint density at radius 2 is 1.72 bits per heavy atom. The van der Waals surface area contributed by atoms with Gasteiger partial charge in [-0.2, -0.15) is 9.97 Å². The highest BCUT2D eigenvalue weighted by molar-refractivity contribution is 5.50. The average Bonchev–Trinajstić information content (AvgIpc) is 2.83. The van der Waals surface area contributed by atoms with Crippen LogP contribution in [0.15, 0.2) is 79.4 Å². The van der Waals surface area contributed by atoms with Crippen molar-refractivity contribution >= 4 is 11.8 Å². The molecule has 1 aromatic heterocycles. The number of alkyl halides is 2. The van der Waals surface area contributed by atoms with E-state index >= 15 is 0 Å². The molecule has 32 heavy (non-hydrogen) atoms. The lowest BCUT2D eigenvalue weighted by Crippen LogP contribution is -2.47. The second-order valence-electron chi connectivity index (χ2n) is 7.79. The molecule has 0 aliphatic carbocycles. The highest BCUT2D eigenvalue weighted by Crippen LogP contribution is 2.36. The fourth-order valence-corrected chi connectivity index (χ4v) is 3.89. The minimum atomic E-state index is -2.77. The van der Waals surface area contributed by atoms with E-state index in [1.165, 1.54) is 13.2 Å². The highest BCUT2D eigenvalue weighted by atomic mass is 19.3. The van der Waals surface area contributed by atoms with E-state index in [-0.39, 0.29) is 25.6 Å². The SMILES string of the molecule is C=CC1CN(c2nc(NC(c3ccccc3)c3ccccc3)cc(OC)n2)CCC1(F)F. The van der Waals surface area contributed by atoms with Crippen molar-refractivity contribution in [2.24, 2.45) is 5.92 Å². The molecule has 1 unspecified atom stereocenters. The highest BCUT2D eigenvalue weighted by Gasteiger charge is 2.43. The van der Waals surface area contributed by atoms with Gasteiger partial charge in [0.05, 0.1) is 19.1 Å². The van der Waals surface area contributed by atoms with Crippen molar-refractivity contribution in [1.82, 2.24) is 9.97 Å². The molecule has 0 radical (unpaired) electrons. The number of rotatable bonds is 7. The number of methoxy groups -OCH3 is 1. The number of hydrogen-bond donors (Lipinski definition) is 1. The van der Waals surface area contributed by atoms with Crippen molar-refractivity contribution in [3.8, 4) is 5.88 Å². The molecule has 1 atom stereocenters. The van der Waals surface area contributed by atoms with Gasteiger partial charge in [-0.25, -0.2) is 8.78 Å². The zero-order chi connectivity index (χ0) is 22.6.